The smallest absolute Gasteiger partial charge is 0.295 e. The molecule has 1 aliphatic heterocycles. The molecule has 1 atom stereocenters. The van der Waals surface area contributed by atoms with Gasteiger partial charge in [0.1, 0.15) is 17.3 Å². The molecule has 0 bridgehead atoms. The van der Waals surface area contributed by atoms with Crippen LogP contribution >= 0.6 is 23.2 Å². The van der Waals surface area contributed by atoms with Gasteiger partial charge in [0.2, 0.25) is 0 Å². The molecule has 1 amide bonds. The number of carbonyl (C=O) groups is 2. The van der Waals surface area contributed by atoms with Crippen molar-refractivity contribution < 1.29 is 24.5 Å². The van der Waals surface area contributed by atoms with E-state index >= 15 is 0 Å². The van der Waals surface area contributed by atoms with Crippen LogP contribution in [0.3, 0.4) is 0 Å². The van der Waals surface area contributed by atoms with E-state index in [1.54, 1.807) is 12.1 Å². The third kappa shape index (κ3) is 4.59. The molecule has 1 fully saturated rings. The average molecular weight is 512 g/mol. The highest BCUT2D eigenvalue weighted by molar-refractivity contribution is 6.46. The van der Waals surface area contributed by atoms with E-state index < -0.39 is 23.5 Å². The summed E-state index contributed by atoms with van der Waals surface area (Å²) in [7, 11) is 1.38. The number of phenolic OH excluding ortho intramolecular Hbond substituents is 1. The average Bonchev–Trinajstić information content (AvgIpc) is 3.06. The predicted octanol–water partition coefficient (Wildman–Crippen LogP) is 5.95. The van der Waals surface area contributed by atoms with E-state index in [1.807, 2.05) is 32.0 Å². The van der Waals surface area contributed by atoms with Gasteiger partial charge < -0.3 is 19.8 Å². The van der Waals surface area contributed by atoms with Gasteiger partial charge in [0.15, 0.2) is 0 Å². The number of carbonyl (C=O) groups excluding carboxylic acids is 2. The Labute approximate surface area is 213 Å². The largest absolute Gasteiger partial charge is 0.508 e. The van der Waals surface area contributed by atoms with Gasteiger partial charge in [-0.05, 0) is 54.8 Å². The van der Waals surface area contributed by atoms with Gasteiger partial charge in [0.25, 0.3) is 11.7 Å². The Hall–Kier alpha value is -3.48. The number of likely N-dealkylation sites (tertiary alicyclic amines) is 1. The summed E-state index contributed by atoms with van der Waals surface area (Å²) in [6.07, 6.45) is 0. The van der Waals surface area contributed by atoms with Gasteiger partial charge in [-0.15, -0.1) is 0 Å². The number of hydrogen-bond donors (Lipinski definition) is 2. The number of benzene rings is 3. The van der Waals surface area contributed by atoms with E-state index in [4.69, 9.17) is 27.9 Å². The van der Waals surface area contributed by atoms with Crippen molar-refractivity contribution in [2.45, 2.75) is 26.4 Å². The molecule has 2 N–H and O–H groups in total. The van der Waals surface area contributed by atoms with Crippen LogP contribution in [0.25, 0.3) is 5.76 Å². The van der Waals surface area contributed by atoms with Gasteiger partial charge >= 0.3 is 0 Å². The van der Waals surface area contributed by atoms with Crippen molar-refractivity contribution in [2.75, 3.05) is 7.11 Å². The summed E-state index contributed by atoms with van der Waals surface area (Å²) in [6, 6.07) is 14.0. The molecule has 3 aromatic carbocycles. The Morgan fingerprint density at radius 3 is 2.37 bits per heavy atom. The number of halogens is 2. The molecule has 180 valence electrons. The molecule has 1 aliphatic rings. The SMILES string of the molecule is COc1c(Cl)cc(Cl)cc1/C(O)=C1\C(=O)C(=O)N(Cc2cc(C)ccc2C)C1c1ccc(O)cc1. The quantitative estimate of drug-likeness (QED) is 0.251. The predicted molar refractivity (Wildman–Crippen MR) is 135 cm³/mol. The standard InChI is InChI=1S/C27H23Cl2NO5/c1-14-4-5-15(2)17(10-14)13-30-23(16-6-8-19(31)9-7-16)22(25(33)27(30)34)24(32)20-11-18(28)12-21(29)26(20)35-3/h4-12,23,31-32H,13H2,1-3H3/b24-22+. The third-order valence-electron chi connectivity index (χ3n) is 6.06. The lowest BCUT2D eigenvalue weighted by Crippen LogP contribution is -2.29. The summed E-state index contributed by atoms with van der Waals surface area (Å²) in [4.78, 5) is 28.0. The Morgan fingerprint density at radius 1 is 1.03 bits per heavy atom. The molecule has 1 heterocycles. The lowest BCUT2D eigenvalue weighted by molar-refractivity contribution is -0.140. The van der Waals surface area contributed by atoms with Crippen molar-refractivity contribution in [3.8, 4) is 11.5 Å². The van der Waals surface area contributed by atoms with E-state index in [0.717, 1.165) is 16.7 Å². The van der Waals surface area contributed by atoms with Crippen LogP contribution in [0.1, 0.15) is 33.9 Å². The molecular weight excluding hydrogens is 489 g/mol. The number of ether oxygens (including phenoxy) is 1. The van der Waals surface area contributed by atoms with Crippen LogP contribution < -0.4 is 4.74 Å². The Bertz CT molecular complexity index is 1360. The van der Waals surface area contributed by atoms with Crippen LogP contribution in [0.5, 0.6) is 11.5 Å². The van der Waals surface area contributed by atoms with E-state index in [2.05, 4.69) is 0 Å². The van der Waals surface area contributed by atoms with Crippen molar-refractivity contribution in [2.24, 2.45) is 0 Å². The number of hydrogen-bond acceptors (Lipinski definition) is 5. The first-order valence-corrected chi connectivity index (χ1v) is 11.5. The maximum absolute atomic E-state index is 13.3. The summed E-state index contributed by atoms with van der Waals surface area (Å²) in [5.74, 6) is -1.89. The molecule has 1 unspecified atom stereocenters. The molecule has 8 heteroatoms. The van der Waals surface area contributed by atoms with Gasteiger partial charge in [-0.2, -0.15) is 0 Å². The number of rotatable bonds is 5. The molecule has 0 radical (unpaired) electrons. The van der Waals surface area contributed by atoms with Gasteiger partial charge in [-0.1, -0.05) is 59.1 Å². The van der Waals surface area contributed by atoms with Gasteiger partial charge in [-0.25, -0.2) is 0 Å². The van der Waals surface area contributed by atoms with Gasteiger partial charge in [-0.3, -0.25) is 9.59 Å². The molecule has 4 rings (SSSR count). The fourth-order valence-corrected chi connectivity index (χ4v) is 4.86. The molecule has 0 saturated carbocycles. The Morgan fingerprint density at radius 2 is 1.71 bits per heavy atom. The first kappa shape index (κ1) is 24.6. The molecule has 0 aromatic heterocycles. The highest BCUT2D eigenvalue weighted by Gasteiger charge is 2.46. The van der Waals surface area contributed by atoms with Crippen molar-refractivity contribution in [3.05, 3.63) is 98.0 Å². The molecule has 6 nitrogen and oxygen atoms in total. The minimum absolute atomic E-state index is 0.0310. The van der Waals surface area contributed by atoms with Crippen molar-refractivity contribution in [1.29, 1.82) is 0 Å². The van der Waals surface area contributed by atoms with Crippen LogP contribution in [0.15, 0.2) is 60.2 Å². The zero-order valence-electron chi connectivity index (χ0n) is 19.3. The van der Waals surface area contributed by atoms with E-state index in [0.29, 0.717) is 5.56 Å². The highest BCUT2D eigenvalue weighted by atomic mass is 35.5. The first-order valence-electron chi connectivity index (χ1n) is 10.8. The summed E-state index contributed by atoms with van der Waals surface area (Å²) in [5.41, 5.74) is 3.37. The zero-order valence-corrected chi connectivity index (χ0v) is 20.8. The summed E-state index contributed by atoms with van der Waals surface area (Å²) in [5, 5.41) is 21.5. The van der Waals surface area contributed by atoms with Crippen LogP contribution in [-0.4, -0.2) is 33.9 Å². The molecular formula is C27H23Cl2NO5. The summed E-state index contributed by atoms with van der Waals surface area (Å²) >= 11 is 12.4. The topological polar surface area (TPSA) is 87.1 Å². The minimum atomic E-state index is -0.919. The number of amides is 1. The van der Waals surface area contributed by atoms with Crippen molar-refractivity contribution >= 4 is 40.7 Å². The van der Waals surface area contributed by atoms with E-state index in [9.17, 15) is 19.8 Å². The second kappa shape index (κ2) is 9.64. The zero-order chi connectivity index (χ0) is 25.4. The number of methoxy groups -OCH3 is 1. The fourth-order valence-electron chi connectivity index (χ4n) is 4.29. The van der Waals surface area contributed by atoms with E-state index in [1.165, 1.54) is 36.3 Å². The molecule has 3 aromatic rings. The van der Waals surface area contributed by atoms with Gasteiger partial charge in [0, 0.05) is 11.6 Å². The van der Waals surface area contributed by atoms with Crippen molar-refractivity contribution in [3.63, 3.8) is 0 Å². The number of nitrogens with zero attached hydrogens (tertiary/aromatic N) is 1. The van der Waals surface area contributed by atoms with Crippen LogP contribution in [0, 0.1) is 13.8 Å². The van der Waals surface area contributed by atoms with Crippen LogP contribution in [-0.2, 0) is 16.1 Å². The highest BCUT2D eigenvalue weighted by Crippen LogP contribution is 2.44. The Kier molecular flexibility index (Phi) is 6.79. The summed E-state index contributed by atoms with van der Waals surface area (Å²) in [6.45, 7) is 4.03. The maximum atomic E-state index is 13.3. The molecule has 0 aliphatic carbocycles. The van der Waals surface area contributed by atoms with Crippen LogP contribution in [0.2, 0.25) is 10.0 Å². The van der Waals surface area contributed by atoms with Gasteiger partial charge in [0.05, 0.1) is 29.3 Å². The fraction of sp³-hybridized carbons (Fsp3) is 0.185. The molecule has 1 saturated heterocycles. The number of ketones is 1. The monoisotopic (exact) mass is 511 g/mol. The minimum Gasteiger partial charge on any atom is -0.508 e. The second-order valence-corrected chi connectivity index (χ2v) is 9.26. The van der Waals surface area contributed by atoms with Crippen LogP contribution in [0.4, 0.5) is 0 Å². The number of aryl methyl sites for hydroxylation is 2. The number of aliphatic hydroxyl groups is 1. The molecule has 35 heavy (non-hydrogen) atoms. The van der Waals surface area contributed by atoms with E-state index in [-0.39, 0.29) is 39.2 Å². The number of aliphatic hydroxyl groups excluding tert-OH is 1. The third-order valence-corrected chi connectivity index (χ3v) is 6.56. The summed E-state index contributed by atoms with van der Waals surface area (Å²) < 4.78 is 5.35. The number of phenols is 1. The number of aromatic hydroxyl groups is 1. The number of Topliss-reactive ketones (excluding diaryl/α,β-unsaturated/α-hetero) is 1. The maximum Gasteiger partial charge on any atom is 0.295 e. The first-order chi connectivity index (χ1) is 16.6. The normalized spacial score (nSPS) is 17.2. The Balaban J connectivity index is 1.94. The van der Waals surface area contributed by atoms with Crippen molar-refractivity contribution in [1.82, 2.24) is 4.90 Å². The lowest BCUT2D eigenvalue weighted by Gasteiger charge is -2.26. The lowest BCUT2D eigenvalue weighted by atomic mass is 9.94. The molecule has 0 spiro atoms. The second-order valence-electron chi connectivity index (χ2n) is 8.42.